The smallest absolute Gasteiger partial charge is 0.282 e. The molecule has 1 N–H and O–H groups in total. The van der Waals surface area contributed by atoms with Crippen molar-refractivity contribution in [3.05, 3.63) is 63.1 Å². The average molecular weight is 488 g/mol. The molecule has 2 aliphatic rings. The molecule has 0 unspecified atom stereocenters. The number of halogens is 3. The Morgan fingerprint density at radius 3 is 2.12 bits per heavy atom. The van der Waals surface area contributed by atoms with Crippen molar-refractivity contribution in [2.24, 2.45) is 0 Å². The third kappa shape index (κ3) is 4.42. The Balaban J connectivity index is 1.97. The first-order chi connectivity index (χ1) is 15.7. The summed E-state index contributed by atoms with van der Waals surface area (Å²) in [7, 11) is 0. The lowest BCUT2D eigenvalue weighted by molar-refractivity contribution is -0.137. The quantitative estimate of drug-likeness (QED) is 0.453. The van der Waals surface area contributed by atoms with Gasteiger partial charge in [0.15, 0.2) is 0 Å². The highest BCUT2D eigenvalue weighted by Gasteiger charge is 2.42. The van der Waals surface area contributed by atoms with Crippen LogP contribution in [0, 0.1) is 0 Å². The van der Waals surface area contributed by atoms with E-state index in [0.717, 1.165) is 41.3 Å². The van der Waals surface area contributed by atoms with Crippen LogP contribution in [-0.2, 0) is 28.2 Å². The Labute approximate surface area is 202 Å². The second kappa shape index (κ2) is 8.29. The molecule has 2 aromatic rings. The molecule has 180 valence electrons. The van der Waals surface area contributed by atoms with Gasteiger partial charge in [-0.1, -0.05) is 46.8 Å². The predicted octanol–water partition coefficient (Wildman–Crippen LogP) is 7.61. The van der Waals surface area contributed by atoms with E-state index in [-0.39, 0.29) is 21.3 Å². The molecule has 1 heterocycles. The van der Waals surface area contributed by atoms with Crippen LogP contribution in [0.4, 0.5) is 18.0 Å². The first-order valence-corrected chi connectivity index (χ1v) is 12.2. The lowest BCUT2D eigenvalue weighted by Gasteiger charge is -2.42. The third-order valence-electron chi connectivity index (χ3n) is 7.04. The fraction of sp³-hybridized carbons (Fsp3) is 0.407. The minimum atomic E-state index is -4.52. The summed E-state index contributed by atoms with van der Waals surface area (Å²) >= 11 is 0.787. The van der Waals surface area contributed by atoms with E-state index in [0.29, 0.717) is 17.5 Å². The van der Waals surface area contributed by atoms with Crippen LogP contribution in [0.2, 0.25) is 0 Å². The van der Waals surface area contributed by atoms with Crippen molar-refractivity contribution in [2.45, 2.75) is 70.9 Å². The molecule has 0 bridgehead atoms. The van der Waals surface area contributed by atoms with Gasteiger partial charge in [0, 0.05) is 0 Å². The Morgan fingerprint density at radius 1 is 0.971 bits per heavy atom. The van der Waals surface area contributed by atoms with Crippen molar-refractivity contribution in [3.8, 4) is 11.1 Å². The number of carbonyl (C=O) groups excluding carboxylic acids is 2. The maximum absolute atomic E-state index is 14.4. The Morgan fingerprint density at radius 2 is 1.59 bits per heavy atom. The zero-order valence-corrected chi connectivity index (χ0v) is 20.8. The van der Waals surface area contributed by atoms with Gasteiger partial charge in [-0.15, -0.1) is 0 Å². The van der Waals surface area contributed by atoms with Gasteiger partial charge in [-0.05, 0) is 99.5 Å². The molecule has 34 heavy (non-hydrogen) atoms. The van der Waals surface area contributed by atoms with Crippen molar-refractivity contribution in [2.75, 3.05) is 0 Å². The highest BCUT2D eigenvalue weighted by atomic mass is 32.2. The highest BCUT2D eigenvalue weighted by molar-refractivity contribution is 8.18. The lowest BCUT2D eigenvalue weighted by Crippen LogP contribution is -2.34. The van der Waals surface area contributed by atoms with Crippen molar-refractivity contribution in [3.63, 3.8) is 0 Å². The summed E-state index contributed by atoms with van der Waals surface area (Å²) in [5, 5.41) is 1.75. The topological polar surface area (TPSA) is 46.2 Å². The Bertz CT molecular complexity index is 1230. The maximum Gasteiger partial charge on any atom is 0.417 e. The number of thioether (sulfide) groups is 1. The first-order valence-electron chi connectivity index (χ1n) is 11.4. The number of rotatable bonds is 3. The number of hydrogen-bond acceptors (Lipinski definition) is 3. The van der Waals surface area contributed by atoms with Crippen LogP contribution in [0.25, 0.3) is 17.2 Å². The summed E-state index contributed by atoms with van der Waals surface area (Å²) in [6.45, 7) is 10.1. The summed E-state index contributed by atoms with van der Waals surface area (Å²) in [4.78, 5) is 23.7. The summed E-state index contributed by atoms with van der Waals surface area (Å²) in [5.41, 5.74) is 2.51. The van der Waals surface area contributed by atoms with Gasteiger partial charge in [0.1, 0.15) is 0 Å². The van der Waals surface area contributed by atoms with Crippen LogP contribution >= 0.6 is 11.8 Å². The molecule has 0 spiro atoms. The number of nitrogens with one attached hydrogen (secondary N) is 1. The highest BCUT2D eigenvalue weighted by Crippen LogP contribution is 2.50. The van der Waals surface area contributed by atoms with Crippen LogP contribution in [0.15, 0.2) is 35.2 Å². The number of alkyl halides is 3. The zero-order valence-electron chi connectivity index (χ0n) is 19.9. The molecule has 4 rings (SSSR count). The fourth-order valence-electron chi connectivity index (χ4n) is 4.89. The van der Waals surface area contributed by atoms with E-state index in [1.807, 2.05) is 20.8 Å². The second-order valence-electron chi connectivity index (χ2n) is 10.3. The van der Waals surface area contributed by atoms with Crippen LogP contribution in [0.3, 0.4) is 0 Å². The van der Waals surface area contributed by atoms with Crippen LogP contribution in [0.5, 0.6) is 0 Å². The van der Waals surface area contributed by atoms with E-state index in [1.54, 1.807) is 30.3 Å². The molecule has 7 heteroatoms. The van der Waals surface area contributed by atoms with E-state index in [4.69, 9.17) is 0 Å². The van der Waals surface area contributed by atoms with E-state index < -0.39 is 22.9 Å². The molecule has 0 atom stereocenters. The van der Waals surface area contributed by atoms with Crippen LogP contribution in [-0.4, -0.2) is 11.1 Å². The first kappa shape index (κ1) is 24.6. The van der Waals surface area contributed by atoms with Crippen LogP contribution in [0.1, 0.15) is 75.3 Å². The molecule has 2 amide bonds. The fourth-order valence-corrected chi connectivity index (χ4v) is 5.57. The molecule has 1 aliphatic heterocycles. The number of aryl methyl sites for hydroxylation is 1. The van der Waals surface area contributed by atoms with Gasteiger partial charge in [0.25, 0.3) is 11.1 Å². The van der Waals surface area contributed by atoms with Crippen molar-refractivity contribution in [1.82, 2.24) is 5.32 Å². The molecule has 0 aromatic heterocycles. The summed E-state index contributed by atoms with van der Waals surface area (Å²) in [6, 6.07) is 8.36. The Kier molecular flexibility index (Phi) is 6.00. The van der Waals surface area contributed by atoms with Crippen molar-refractivity contribution in [1.29, 1.82) is 0 Å². The standard InChI is InChI=1S/C27H28F3NO2S/c1-6-16-8-7-15(12-22-23(32)31-24(33)34-22)11-17(16)18-13-20-21(14-19(18)27(28,29)30)26(4,5)10-9-25(20,2)3/h7-8,11-14H,6,9-10H2,1-5H3,(H,31,32,33)/b22-12-. The molecule has 1 aliphatic carbocycles. The third-order valence-corrected chi connectivity index (χ3v) is 7.85. The van der Waals surface area contributed by atoms with E-state index in [2.05, 4.69) is 19.2 Å². The number of imide groups is 1. The minimum absolute atomic E-state index is 0.161. The molecule has 2 aromatic carbocycles. The molecule has 1 fully saturated rings. The molecular formula is C27H28F3NO2S. The van der Waals surface area contributed by atoms with Gasteiger partial charge in [-0.25, -0.2) is 0 Å². The van der Waals surface area contributed by atoms with Gasteiger partial charge in [0.2, 0.25) is 0 Å². The second-order valence-corrected chi connectivity index (χ2v) is 11.3. The molecule has 1 saturated heterocycles. The monoisotopic (exact) mass is 487 g/mol. The number of carbonyl (C=O) groups is 2. The van der Waals surface area contributed by atoms with Crippen LogP contribution < -0.4 is 5.32 Å². The Hall–Kier alpha value is -2.54. The van der Waals surface area contributed by atoms with E-state index in [1.165, 1.54) is 6.07 Å². The van der Waals surface area contributed by atoms with Gasteiger partial charge in [-0.2, -0.15) is 13.2 Å². The van der Waals surface area contributed by atoms with E-state index >= 15 is 0 Å². The zero-order chi connectivity index (χ0) is 25.1. The van der Waals surface area contributed by atoms with Gasteiger partial charge in [0.05, 0.1) is 10.5 Å². The summed E-state index contributed by atoms with van der Waals surface area (Å²) in [6.07, 6.45) is -0.693. The van der Waals surface area contributed by atoms with Gasteiger partial charge >= 0.3 is 6.18 Å². The van der Waals surface area contributed by atoms with E-state index in [9.17, 15) is 22.8 Å². The van der Waals surface area contributed by atoms with Gasteiger partial charge < -0.3 is 0 Å². The molecule has 0 radical (unpaired) electrons. The average Bonchev–Trinajstić information content (AvgIpc) is 3.06. The normalized spacial score (nSPS) is 20.4. The minimum Gasteiger partial charge on any atom is -0.282 e. The molecule has 3 nitrogen and oxygen atoms in total. The lowest BCUT2D eigenvalue weighted by atomic mass is 9.62. The maximum atomic E-state index is 14.4. The van der Waals surface area contributed by atoms with Crippen molar-refractivity contribution < 1.29 is 22.8 Å². The number of benzene rings is 2. The SMILES string of the molecule is CCc1ccc(/C=C2\SC(=O)NC2=O)cc1-c1cc2c(cc1C(F)(F)F)C(C)(C)CCC2(C)C. The molecular weight excluding hydrogens is 459 g/mol. The summed E-state index contributed by atoms with van der Waals surface area (Å²) in [5.74, 6) is -0.495. The van der Waals surface area contributed by atoms with Gasteiger partial charge in [-0.3, -0.25) is 14.9 Å². The van der Waals surface area contributed by atoms with Crippen molar-refractivity contribution >= 4 is 29.0 Å². The largest absolute Gasteiger partial charge is 0.417 e. The number of hydrogen-bond donors (Lipinski definition) is 1. The number of fused-ring (bicyclic) bond motifs is 1. The predicted molar refractivity (Wildman–Crippen MR) is 131 cm³/mol. The summed E-state index contributed by atoms with van der Waals surface area (Å²) < 4.78 is 43.2. The molecule has 0 saturated carbocycles. The number of amides is 2.